The highest BCUT2D eigenvalue weighted by atomic mass is 32.2. The van der Waals surface area contributed by atoms with Crippen molar-refractivity contribution >= 4 is 16.7 Å². The van der Waals surface area contributed by atoms with Crippen molar-refractivity contribution in [3.63, 3.8) is 0 Å². The second-order valence-corrected chi connectivity index (χ2v) is 4.86. The van der Waals surface area contributed by atoms with Gasteiger partial charge in [0.05, 0.1) is 0 Å². The third kappa shape index (κ3) is 2.17. The van der Waals surface area contributed by atoms with E-state index in [0.717, 1.165) is 5.69 Å². The maximum Gasteiger partial charge on any atom is 0.283 e. The molecule has 1 heterocycles. The number of hydrogen-bond acceptors (Lipinski definition) is 3. The van der Waals surface area contributed by atoms with Crippen molar-refractivity contribution in [1.82, 2.24) is 4.98 Å². The standard InChI is InChI=1S/C9H12N2O2S/c1-7(2)9-5-4-8(6-11-9)14(12,13)10-3/h4-7H,3H2,1-2H3. The fraction of sp³-hybridized carbons (Fsp3) is 0.333. The number of hydrogen-bond donors (Lipinski definition) is 0. The van der Waals surface area contributed by atoms with Crippen LogP contribution in [-0.2, 0) is 10.0 Å². The molecule has 0 atom stereocenters. The van der Waals surface area contributed by atoms with E-state index in [0.29, 0.717) is 0 Å². The molecule has 14 heavy (non-hydrogen) atoms. The molecule has 0 aliphatic rings. The maximum atomic E-state index is 11.2. The topological polar surface area (TPSA) is 59.4 Å². The minimum Gasteiger partial charge on any atom is -0.260 e. The number of nitrogens with zero attached hydrogens (tertiary/aromatic N) is 2. The maximum absolute atomic E-state index is 11.2. The molecule has 0 N–H and O–H groups in total. The van der Waals surface area contributed by atoms with E-state index >= 15 is 0 Å². The first-order chi connectivity index (χ1) is 6.47. The van der Waals surface area contributed by atoms with Crippen molar-refractivity contribution in [2.24, 2.45) is 4.40 Å². The largest absolute Gasteiger partial charge is 0.283 e. The van der Waals surface area contributed by atoms with Gasteiger partial charge in [0, 0.05) is 18.6 Å². The molecule has 0 amide bonds. The van der Waals surface area contributed by atoms with Gasteiger partial charge in [-0.25, -0.2) is 0 Å². The van der Waals surface area contributed by atoms with E-state index in [-0.39, 0.29) is 10.8 Å². The van der Waals surface area contributed by atoms with E-state index in [4.69, 9.17) is 0 Å². The number of rotatable bonds is 3. The average molecular weight is 212 g/mol. The first kappa shape index (κ1) is 10.8. The lowest BCUT2D eigenvalue weighted by atomic mass is 10.1. The molecule has 0 spiro atoms. The Morgan fingerprint density at radius 1 is 1.43 bits per heavy atom. The van der Waals surface area contributed by atoms with Crippen LogP contribution in [0.2, 0.25) is 0 Å². The van der Waals surface area contributed by atoms with Crippen molar-refractivity contribution in [2.45, 2.75) is 24.7 Å². The number of pyridine rings is 1. The average Bonchev–Trinajstić information content (AvgIpc) is 2.18. The fourth-order valence-electron chi connectivity index (χ4n) is 0.960. The highest BCUT2D eigenvalue weighted by Crippen LogP contribution is 2.15. The fourth-order valence-corrected chi connectivity index (χ4v) is 1.54. The summed E-state index contributed by atoms with van der Waals surface area (Å²) in [4.78, 5) is 4.11. The zero-order valence-electron chi connectivity index (χ0n) is 8.14. The van der Waals surface area contributed by atoms with Crippen LogP contribution in [0.3, 0.4) is 0 Å². The molecule has 1 aromatic heterocycles. The predicted octanol–water partition coefficient (Wildman–Crippen LogP) is 1.59. The van der Waals surface area contributed by atoms with Crippen LogP contribution in [-0.4, -0.2) is 20.1 Å². The summed E-state index contributed by atoms with van der Waals surface area (Å²) in [5.41, 5.74) is 0.855. The Bertz CT molecular complexity index is 421. The Hall–Kier alpha value is -1.23. The van der Waals surface area contributed by atoms with E-state index in [1.165, 1.54) is 12.3 Å². The van der Waals surface area contributed by atoms with Crippen LogP contribution in [0, 0.1) is 0 Å². The van der Waals surface area contributed by atoms with Crippen molar-refractivity contribution in [3.05, 3.63) is 24.0 Å². The lowest BCUT2D eigenvalue weighted by Gasteiger charge is -2.03. The minimum atomic E-state index is -3.59. The third-order valence-electron chi connectivity index (χ3n) is 1.82. The van der Waals surface area contributed by atoms with E-state index in [1.807, 2.05) is 13.8 Å². The summed E-state index contributed by atoms with van der Waals surface area (Å²) >= 11 is 0. The molecule has 0 radical (unpaired) electrons. The van der Waals surface area contributed by atoms with Crippen molar-refractivity contribution in [2.75, 3.05) is 0 Å². The first-order valence-electron chi connectivity index (χ1n) is 4.16. The Balaban J connectivity index is 3.12. The Morgan fingerprint density at radius 2 is 2.07 bits per heavy atom. The van der Waals surface area contributed by atoms with Gasteiger partial charge in [-0.1, -0.05) is 13.8 Å². The SMILES string of the molecule is C=NS(=O)(=O)c1ccc(C(C)C)nc1. The van der Waals surface area contributed by atoms with Crippen LogP contribution >= 0.6 is 0 Å². The van der Waals surface area contributed by atoms with Gasteiger partial charge in [0.15, 0.2) is 0 Å². The molecular weight excluding hydrogens is 200 g/mol. The molecule has 1 rings (SSSR count). The van der Waals surface area contributed by atoms with Crippen LogP contribution in [0.5, 0.6) is 0 Å². The third-order valence-corrected chi connectivity index (χ3v) is 3.00. The van der Waals surface area contributed by atoms with E-state index < -0.39 is 10.0 Å². The molecule has 0 unspecified atom stereocenters. The Kier molecular flexibility index (Phi) is 3.00. The molecule has 1 aromatic rings. The van der Waals surface area contributed by atoms with Crippen molar-refractivity contribution in [1.29, 1.82) is 0 Å². The predicted molar refractivity (Wildman–Crippen MR) is 55.1 cm³/mol. The molecule has 0 aliphatic heterocycles. The van der Waals surface area contributed by atoms with E-state index in [9.17, 15) is 8.42 Å². The monoisotopic (exact) mass is 212 g/mol. The summed E-state index contributed by atoms with van der Waals surface area (Å²) in [6.45, 7) is 6.98. The summed E-state index contributed by atoms with van der Waals surface area (Å²) in [5.74, 6) is 0.281. The second-order valence-electron chi connectivity index (χ2n) is 3.18. The minimum absolute atomic E-state index is 0.0805. The van der Waals surface area contributed by atoms with Crippen LogP contribution in [0.4, 0.5) is 0 Å². The van der Waals surface area contributed by atoms with Gasteiger partial charge in [0.1, 0.15) is 4.90 Å². The highest BCUT2D eigenvalue weighted by molar-refractivity contribution is 7.90. The van der Waals surface area contributed by atoms with Crippen LogP contribution < -0.4 is 0 Å². The lowest BCUT2D eigenvalue weighted by Crippen LogP contribution is -1.99. The lowest BCUT2D eigenvalue weighted by molar-refractivity contribution is 0.597. The smallest absolute Gasteiger partial charge is 0.260 e. The van der Waals surface area contributed by atoms with Crippen LogP contribution in [0.1, 0.15) is 25.5 Å². The zero-order valence-corrected chi connectivity index (χ0v) is 8.95. The molecule has 76 valence electrons. The summed E-state index contributed by atoms with van der Waals surface area (Å²) in [5, 5.41) is 0. The van der Waals surface area contributed by atoms with Crippen molar-refractivity contribution < 1.29 is 8.42 Å². The Morgan fingerprint density at radius 3 is 2.43 bits per heavy atom. The van der Waals surface area contributed by atoms with Gasteiger partial charge in [0.25, 0.3) is 10.0 Å². The van der Waals surface area contributed by atoms with Gasteiger partial charge in [-0.05, 0) is 18.1 Å². The molecule has 0 bridgehead atoms. The quantitative estimate of drug-likeness (QED) is 0.715. The van der Waals surface area contributed by atoms with Crippen molar-refractivity contribution in [3.8, 4) is 0 Å². The molecule has 0 saturated carbocycles. The molecule has 0 fully saturated rings. The van der Waals surface area contributed by atoms with Gasteiger partial charge in [-0.15, -0.1) is 0 Å². The van der Waals surface area contributed by atoms with Gasteiger partial charge >= 0.3 is 0 Å². The van der Waals surface area contributed by atoms with Crippen LogP contribution in [0.25, 0.3) is 0 Å². The normalized spacial score (nSPS) is 11.6. The summed E-state index contributed by atoms with van der Waals surface area (Å²) in [6.07, 6.45) is 1.30. The molecule has 5 heteroatoms. The number of aromatic nitrogens is 1. The van der Waals surface area contributed by atoms with Crippen LogP contribution in [0.15, 0.2) is 27.6 Å². The highest BCUT2D eigenvalue weighted by Gasteiger charge is 2.11. The number of sulfonamides is 1. The van der Waals surface area contributed by atoms with E-state index in [1.54, 1.807) is 6.07 Å². The second kappa shape index (κ2) is 3.88. The van der Waals surface area contributed by atoms with Gasteiger partial charge in [-0.3, -0.25) is 4.98 Å². The van der Waals surface area contributed by atoms with E-state index in [2.05, 4.69) is 16.1 Å². The first-order valence-corrected chi connectivity index (χ1v) is 5.60. The summed E-state index contributed by atoms with van der Waals surface area (Å²) < 4.78 is 25.5. The molecule has 4 nitrogen and oxygen atoms in total. The summed E-state index contributed by atoms with van der Waals surface area (Å²) in [7, 11) is -3.59. The van der Waals surface area contributed by atoms with Gasteiger partial charge in [-0.2, -0.15) is 12.8 Å². The molecule has 0 aromatic carbocycles. The molecule has 0 aliphatic carbocycles. The molecule has 0 saturated heterocycles. The summed E-state index contributed by atoms with van der Waals surface area (Å²) in [6, 6.07) is 3.18. The van der Waals surface area contributed by atoms with Gasteiger partial charge < -0.3 is 0 Å². The van der Waals surface area contributed by atoms with Gasteiger partial charge in [0.2, 0.25) is 0 Å². The Labute approximate surface area is 83.8 Å². The molecular formula is C9H12N2O2S. The zero-order chi connectivity index (χ0) is 10.8.